The largest absolute Gasteiger partial charge is 0.496 e. The molecule has 0 saturated heterocycles. The van der Waals surface area contributed by atoms with E-state index in [1.807, 2.05) is 19.1 Å². The molecule has 20 heavy (non-hydrogen) atoms. The first-order valence-corrected chi connectivity index (χ1v) is 7.64. The smallest absolute Gasteiger partial charge is 0.119 e. The number of nitrogens with one attached hydrogen (secondary N) is 1. The van der Waals surface area contributed by atoms with Gasteiger partial charge in [0.25, 0.3) is 0 Å². The molecule has 0 bridgehead atoms. The van der Waals surface area contributed by atoms with Crippen LogP contribution >= 0.6 is 0 Å². The monoisotopic (exact) mass is 275 g/mol. The molecule has 0 amide bonds. The van der Waals surface area contributed by atoms with Crippen LogP contribution in [0.5, 0.6) is 5.75 Å². The molecule has 1 unspecified atom stereocenters. The highest BCUT2D eigenvalue weighted by Gasteiger charge is 2.19. The molecule has 2 rings (SSSR count). The van der Waals surface area contributed by atoms with Crippen molar-refractivity contribution in [2.45, 2.75) is 39.2 Å². The zero-order chi connectivity index (χ0) is 14.2. The van der Waals surface area contributed by atoms with Crippen molar-refractivity contribution in [3.63, 3.8) is 0 Å². The molecular weight excluding hydrogens is 250 g/mol. The van der Waals surface area contributed by atoms with Gasteiger partial charge in [-0.2, -0.15) is 0 Å². The summed E-state index contributed by atoms with van der Waals surface area (Å²) in [5.74, 6) is 1.98. The highest BCUT2D eigenvalue weighted by Crippen LogP contribution is 2.27. The van der Waals surface area contributed by atoms with E-state index in [2.05, 4.69) is 30.4 Å². The number of hydrogen-bond acceptors (Lipinski definition) is 3. The number of allylic oxidation sites excluding steroid dienone is 1. The van der Waals surface area contributed by atoms with Crippen LogP contribution in [0.3, 0.4) is 0 Å². The van der Waals surface area contributed by atoms with Crippen LogP contribution in [-0.2, 0) is 4.74 Å². The summed E-state index contributed by atoms with van der Waals surface area (Å²) >= 11 is 0. The Morgan fingerprint density at radius 3 is 2.65 bits per heavy atom. The number of rotatable bonds is 7. The van der Waals surface area contributed by atoms with Crippen LogP contribution in [0.25, 0.3) is 0 Å². The van der Waals surface area contributed by atoms with Crippen molar-refractivity contribution in [3.8, 4) is 5.75 Å². The first-order valence-electron chi connectivity index (χ1n) is 7.64. The third-order valence-corrected chi connectivity index (χ3v) is 3.37. The van der Waals surface area contributed by atoms with Crippen molar-refractivity contribution in [2.24, 2.45) is 0 Å². The molecule has 1 aromatic rings. The fraction of sp³-hybridized carbons (Fsp3) is 0.529. The maximum absolute atomic E-state index is 5.84. The summed E-state index contributed by atoms with van der Waals surface area (Å²) in [7, 11) is 0. The summed E-state index contributed by atoms with van der Waals surface area (Å²) in [5, 5.41) is 3.57. The second-order valence-electron chi connectivity index (χ2n) is 4.99. The van der Waals surface area contributed by atoms with Crippen LogP contribution in [0.4, 0.5) is 0 Å². The van der Waals surface area contributed by atoms with E-state index in [0.717, 1.165) is 43.9 Å². The molecule has 0 radical (unpaired) electrons. The van der Waals surface area contributed by atoms with Gasteiger partial charge in [0.2, 0.25) is 0 Å². The second-order valence-corrected chi connectivity index (χ2v) is 4.99. The van der Waals surface area contributed by atoms with Gasteiger partial charge in [0.05, 0.1) is 19.3 Å². The van der Waals surface area contributed by atoms with Gasteiger partial charge in [0.15, 0.2) is 0 Å². The predicted octanol–water partition coefficient (Wildman–Crippen LogP) is 3.82. The minimum Gasteiger partial charge on any atom is -0.496 e. The van der Waals surface area contributed by atoms with Crippen molar-refractivity contribution in [1.29, 1.82) is 0 Å². The lowest BCUT2D eigenvalue weighted by molar-refractivity contribution is 0.167. The quantitative estimate of drug-likeness (QED) is 0.820. The van der Waals surface area contributed by atoms with Crippen LogP contribution < -0.4 is 10.1 Å². The van der Waals surface area contributed by atoms with Gasteiger partial charge in [0.1, 0.15) is 11.5 Å². The predicted molar refractivity (Wildman–Crippen MR) is 81.9 cm³/mol. The summed E-state index contributed by atoms with van der Waals surface area (Å²) in [6.07, 6.45) is 5.55. The van der Waals surface area contributed by atoms with Gasteiger partial charge in [-0.1, -0.05) is 19.1 Å². The molecule has 0 aliphatic carbocycles. The zero-order valence-electron chi connectivity index (χ0n) is 12.5. The zero-order valence-corrected chi connectivity index (χ0v) is 12.5. The molecule has 1 aliphatic heterocycles. The van der Waals surface area contributed by atoms with E-state index in [1.165, 1.54) is 5.56 Å². The standard InChI is InChI=1S/C17H25NO2/c1-3-12-18-17(16-7-5-6-13-20-16)14-8-10-15(11-9-14)19-4-2/h7-11,17-18H,3-6,12-13H2,1-2H3. The van der Waals surface area contributed by atoms with Crippen molar-refractivity contribution >= 4 is 0 Å². The average molecular weight is 275 g/mol. The van der Waals surface area contributed by atoms with Crippen LogP contribution in [0.2, 0.25) is 0 Å². The van der Waals surface area contributed by atoms with E-state index >= 15 is 0 Å². The summed E-state index contributed by atoms with van der Waals surface area (Å²) in [4.78, 5) is 0. The van der Waals surface area contributed by atoms with Crippen molar-refractivity contribution in [3.05, 3.63) is 41.7 Å². The number of benzene rings is 1. The van der Waals surface area contributed by atoms with Crippen molar-refractivity contribution in [2.75, 3.05) is 19.8 Å². The maximum Gasteiger partial charge on any atom is 0.119 e. The Hall–Kier alpha value is -1.48. The minimum absolute atomic E-state index is 0.158. The molecule has 1 N–H and O–H groups in total. The third-order valence-electron chi connectivity index (χ3n) is 3.37. The minimum atomic E-state index is 0.158. The van der Waals surface area contributed by atoms with Crippen molar-refractivity contribution in [1.82, 2.24) is 5.32 Å². The lowest BCUT2D eigenvalue weighted by Gasteiger charge is -2.25. The average Bonchev–Trinajstić information content (AvgIpc) is 2.51. The van der Waals surface area contributed by atoms with E-state index in [-0.39, 0.29) is 6.04 Å². The summed E-state index contributed by atoms with van der Waals surface area (Å²) in [6.45, 7) is 6.69. The van der Waals surface area contributed by atoms with Gasteiger partial charge >= 0.3 is 0 Å². The van der Waals surface area contributed by atoms with Gasteiger partial charge in [-0.3, -0.25) is 0 Å². The first kappa shape index (κ1) is 14.9. The Kier molecular flexibility index (Phi) is 5.93. The van der Waals surface area contributed by atoms with E-state index in [0.29, 0.717) is 6.61 Å². The molecule has 3 nitrogen and oxygen atoms in total. The van der Waals surface area contributed by atoms with Crippen LogP contribution in [0.1, 0.15) is 44.7 Å². The SMILES string of the molecule is CCCNC(C1=CCCCO1)c1ccc(OCC)cc1. The summed E-state index contributed by atoms with van der Waals surface area (Å²) < 4.78 is 11.3. The van der Waals surface area contributed by atoms with Gasteiger partial charge in [-0.25, -0.2) is 0 Å². The molecule has 1 heterocycles. The molecule has 3 heteroatoms. The van der Waals surface area contributed by atoms with Crippen LogP contribution in [-0.4, -0.2) is 19.8 Å². The van der Waals surface area contributed by atoms with E-state index in [9.17, 15) is 0 Å². The topological polar surface area (TPSA) is 30.5 Å². The fourth-order valence-electron chi connectivity index (χ4n) is 2.37. The normalized spacial score (nSPS) is 16.2. The Labute approximate surface area is 122 Å². The Morgan fingerprint density at radius 2 is 2.05 bits per heavy atom. The highest BCUT2D eigenvalue weighted by atomic mass is 16.5. The molecule has 110 valence electrons. The highest BCUT2D eigenvalue weighted by molar-refractivity contribution is 5.32. The van der Waals surface area contributed by atoms with E-state index in [4.69, 9.17) is 9.47 Å². The second kappa shape index (κ2) is 7.95. The molecule has 1 atom stereocenters. The number of hydrogen-bond donors (Lipinski definition) is 1. The van der Waals surface area contributed by atoms with Gasteiger partial charge in [-0.05, 0) is 56.5 Å². The Morgan fingerprint density at radius 1 is 1.25 bits per heavy atom. The number of ether oxygens (including phenoxy) is 2. The third kappa shape index (κ3) is 4.01. The van der Waals surface area contributed by atoms with Crippen molar-refractivity contribution < 1.29 is 9.47 Å². The molecular formula is C17H25NO2. The first-order chi connectivity index (χ1) is 9.85. The molecule has 0 spiro atoms. The molecule has 0 saturated carbocycles. The summed E-state index contributed by atoms with van der Waals surface area (Å²) in [6, 6.07) is 8.46. The lowest BCUT2D eigenvalue weighted by Crippen LogP contribution is -2.26. The molecule has 0 aromatic heterocycles. The fourth-order valence-corrected chi connectivity index (χ4v) is 2.37. The van der Waals surface area contributed by atoms with Crippen LogP contribution in [0.15, 0.2) is 36.1 Å². The van der Waals surface area contributed by atoms with Gasteiger partial charge in [-0.15, -0.1) is 0 Å². The molecule has 0 fully saturated rings. The Balaban J connectivity index is 2.14. The molecule has 1 aromatic carbocycles. The van der Waals surface area contributed by atoms with E-state index in [1.54, 1.807) is 0 Å². The maximum atomic E-state index is 5.84. The molecule has 1 aliphatic rings. The van der Waals surface area contributed by atoms with E-state index < -0.39 is 0 Å². The lowest BCUT2D eigenvalue weighted by atomic mass is 10.0. The van der Waals surface area contributed by atoms with Crippen LogP contribution in [0, 0.1) is 0 Å². The van der Waals surface area contributed by atoms with Gasteiger partial charge < -0.3 is 14.8 Å². The Bertz CT molecular complexity index is 425. The summed E-state index contributed by atoms with van der Waals surface area (Å²) in [5.41, 5.74) is 1.23. The van der Waals surface area contributed by atoms with Gasteiger partial charge in [0, 0.05) is 0 Å².